The molecular weight excluding hydrogens is 318 g/mol. The molecule has 0 saturated carbocycles. The molecule has 0 aliphatic rings. The standard InChI is InChI=1S/C21H29NO.ClH/c1-17(2)23-16-21(20-12-8-5-9-13-20)15-22-18(3)14-19-10-6-4-7-11-19;/h4-13,17-18,21-22H,14-16H2,1-3H3;1H. The summed E-state index contributed by atoms with van der Waals surface area (Å²) in [6, 6.07) is 22.0. The molecule has 0 heterocycles. The second kappa shape index (κ2) is 11.2. The highest BCUT2D eigenvalue weighted by atomic mass is 35.5. The van der Waals surface area contributed by atoms with Crippen LogP contribution in [0.15, 0.2) is 60.7 Å². The van der Waals surface area contributed by atoms with E-state index in [1.807, 2.05) is 0 Å². The van der Waals surface area contributed by atoms with Gasteiger partial charge in [0.1, 0.15) is 0 Å². The molecule has 0 saturated heterocycles. The molecule has 24 heavy (non-hydrogen) atoms. The molecule has 0 aromatic heterocycles. The van der Waals surface area contributed by atoms with Crippen molar-refractivity contribution in [2.24, 2.45) is 0 Å². The lowest BCUT2D eigenvalue weighted by molar-refractivity contribution is -0.688. The highest BCUT2D eigenvalue weighted by Gasteiger charge is 2.16. The quantitative estimate of drug-likeness (QED) is 0.698. The van der Waals surface area contributed by atoms with E-state index in [9.17, 15) is 0 Å². The minimum absolute atomic E-state index is 0. The highest BCUT2D eigenvalue weighted by molar-refractivity contribution is 5.19. The van der Waals surface area contributed by atoms with E-state index in [0.29, 0.717) is 12.0 Å². The Morgan fingerprint density at radius 3 is 2.04 bits per heavy atom. The molecule has 2 aromatic carbocycles. The molecule has 2 N–H and O–H groups in total. The van der Waals surface area contributed by atoms with Crippen molar-refractivity contribution in [2.45, 2.75) is 45.3 Å². The number of hydrogen-bond acceptors (Lipinski definition) is 1. The van der Waals surface area contributed by atoms with E-state index in [1.165, 1.54) is 11.1 Å². The van der Waals surface area contributed by atoms with E-state index >= 15 is 0 Å². The summed E-state index contributed by atoms with van der Waals surface area (Å²) in [5.41, 5.74) is 2.78. The summed E-state index contributed by atoms with van der Waals surface area (Å²) in [7, 11) is 0. The third-order valence-corrected chi connectivity index (χ3v) is 4.13. The molecule has 2 aromatic rings. The average Bonchev–Trinajstić information content (AvgIpc) is 2.56. The van der Waals surface area contributed by atoms with Gasteiger partial charge < -0.3 is 22.5 Å². The largest absolute Gasteiger partial charge is 1.00 e. The van der Waals surface area contributed by atoms with Gasteiger partial charge in [0.25, 0.3) is 0 Å². The van der Waals surface area contributed by atoms with Crippen LogP contribution in [0.5, 0.6) is 0 Å². The topological polar surface area (TPSA) is 25.8 Å². The highest BCUT2D eigenvalue weighted by Crippen LogP contribution is 2.15. The number of quaternary nitrogens is 1. The molecule has 0 spiro atoms. The number of halogens is 1. The Morgan fingerprint density at radius 2 is 1.46 bits per heavy atom. The van der Waals surface area contributed by atoms with Crippen LogP contribution in [0.3, 0.4) is 0 Å². The van der Waals surface area contributed by atoms with Gasteiger partial charge in [-0.2, -0.15) is 0 Å². The molecule has 2 nitrogen and oxygen atoms in total. The van der Waals surface area contributed by atoms with Gasteiger partial charge in [-0.25, -0.2) is 0 Å². The van der Waals surface area contributed by atoms with Crippen LogP contribution in [0.2, 0.25) is 0 Å². The molecule has 0 aliphatic carbocycles. The van der Waals surface area contributed by atoms with Crippen molar-refractivity contribution in [3.8, 4) is 0 Å². The van der Waals surface area contributed by atoms with Crippen LogP contribution < -0.4 is 17.7 Å². The number of nitrogens with two attached hydrogens (primary N) is 1. The molecule has 2 rings (SSSR count). The van der Waals surface area contributed by atoms with Crippen molar-refractivity contribution in [1.82, 2.24) is 0 Å². The molecule has 132 valence electrons. The SMILES string of the molecule is CC(Cc1ccccc1)[NH2+]CC(COC(C)C)c1ccccc1.[Cl-]. The summed E-state index contributed by atoms with van der Waals surface area (Å²) in [6.07, 6.45) is 1.39. The van der Waals surface area contributed by atoms with Crippen LogP contribution in [-0.4, -0.2) is 25.3 Å². The second-order valence-electron chi connectivity index (χ2n) is 6.63. The van der Waals surface area contributed by atoms with Crippen molar-refractivity contribution in [1.29, 1.82) is 0 Å². The molecule has 2 unspecified atom stereocenters. The average molecular weight is 348 g/mol. The predicted molar refractivity (Wildman–Crippen MR) is 96.7 cm³/mol. The third-order valence-electron chi connectivity index (χ3n) is 4.13. The van der Waals surface area contributed by atoms with Crippen LogP contribution in [0.1, 0.15) is 37.8 Å². The van der Waals surface area contributed by atoms with Crippen molar-refractivity contribution >= 4 is 0 Å². The van der Waals surface area contributed by atoms with E-state index in [2.05, 4.69) is 86.8 Å². The molecule has 0 aliphatic heterocycles. The fourth-order valence-electron chi connectivity index (χ4n) is 2.80. The summed E-state index contributed by atoms with van der Waals surface area (Å²) in [5.74, 6) is 0.442. The van der Waals surface area contributed by atoms with Crippen LogP contribution in [0, 0.1) is 0 Å². The summed E-state index contributed by atoms with van der Waals surface area (Å²) >= 11 is 0. The fourth-order valence-corrected chi connectivity index (χ4v) is 2.80. The number of benzene rings is 2. The fraction of sp³-hybridized carbons (Fsp3) is 0.429. The van der Waals surface area contributed by atoms with Gasteiger partial charge in [-0.1, -0.05) is 60.7 Å². The minimum atomic E-state index is 0. The van der Waals surface area contributed by atoms with Gasteiger partial charge in [0.2, 0.25) is 0 Å². The Balaban J connectivity index is 0.00000288. The molecule has 0 fully saturated rings. The predicted octanol–water partition coefficient (Wildman–Crippen LogP) is 0.394. The van der Waals surface area contributed by atoms with Gasteiger partial charge in [-0.3, -0.25) is 0 Å². The summed E-state index contributed by atoms with van der Waals surface area (Å²) in [4.78, 5) is 0. The normalized spacial score (nSPS) is 13.3. The third kappa shape index (κ3) is 7.48. The van der Waals surface area contributed by atoms with Crippen molar-refractivity contribution in [2.75, 3.05) is 13.2 Å². The first-order chi connectivity index (χ1) is 11.1. The second-order valence-corrected chi connectivity index (χ2v) is 6.63. The van der Waals surface area contributed by atoms with E-state index in [4.69, 9.17) is 4.74 Å². The molecule has 0 radical (unpaired) electrons. The van der Waals surface area contributed by atoms with Gasteiger partial charge in [0.05, 0.1) is 31.2 Å². The summed E-state index contributed by atoms with van der Waals surface area (Å²) < 4.78 is 5.89. The number of ether oxygens (including phenoxy) is 1. The van der Waals surface area contributed by atoms with Crippen LogP contribution in [-0.2, 0) is 11.2 Å². The molecular formula is C21H30ClNO. The Bertz CT molecular complexity index is 544. The van der Waals surface area contributed by atoms with E-state index in [1.54, 1.807) is 0 Å². The lowest BCUT2D eigenvalue weighted by atomic mass is 9.99. The molecule has 2 atom stereocenters. The van der Waals surface area contributed by atoms with E-state index in [-0.39, 0.29) is 18.5 Å². The van der Waals surface area contributed by atoms with Crippen molar-refractivity contribution < 1.29 is 22.5 Å². The zero-order chi connectivity index (χ0) is 16.5. The molecule has 0 bridgehead atoms. The maximum absolute atomic E-state index is 5.89. The maximum atomic E-state index is 5.89. The Hall–Kier alpha value is -1.35. The Labute approximate surface area is 153 Å². The lowest BCUT2D eigenvalue weighted by Gasteiger charge is -2.20. The van der Waals surface area contributed by atoms with Gasteiger partial charge in [-0.05, 0) is 31.9 Å². The first-order valence-electron chi connectivity index (χ1n) is 8.69. The number of rotatable bonds is 9. The first kappa shape index (κ1) is 20.7. The minimum Gasteiger partial charge on any atom is -1.00 e. The molecule has 3 heteroatoms. The van der Waals surface area contributed by atoms with E-state index < -0.39 is 0 Å². The smallest absolute Gasteiger partial charge is 0.0871 e. The zero-order valence-corrected chi connectivity index (χ0v) is 15.7. The Morgan fingerprint density at radius 1 is 0.875 bits per heavy atom. The van der Waals surface area contributed by atoms with Crippen LogP contribution in [0.4, 0.5) is 0 Å². The summed E-state index contributed by atoms with van der Waals surface area (Å²) in [5, 5.41) is 2.45. The van der Waals surface area contributed by atoms with Gasteiger partial charge in [0.15, 0.2) is 0 Å². The van der Waals surface area contributed by atoms with Crippen molar-refractivity contribution in [3.63, 3.8) is 0 Å². The molecule has 0 amide bonds. The van der Waals surface area contributed by atoms with Crippen LogP contribution >= 0.6 is 0 Å². The summed E-state index contributed by atoms with van der Waals surface area (Å²) in [6.45, 7) is 8.35. The van der Waals surface area contributed by atoms with E-state index in [0.717, 1.165) is 19.6 Å². The lowest BCUT2D eigenvalue weighted by Crippen LogP contribution is -3.00. The van der Waals surface area contributed by atoms with Gasteiger partial charge >= 0.3 is 0 Å². The zero-order valence-electron chi connectivity index (χ0n) is 15.0. The van der Waals surface area contributed by atoms with Crippen LogP contribution in [0.25, 0.3) is 0 Å². The van der Waals surface area contributed by atoms with Crippen molar-refractivity contribution in [3.05, 3.63) is 71.8 Å². The first-order valence-corrected chi connectivity index (χ1v) is 8.69. The maximum Gasteiger partial charge on any atom is 0.0871 e. The van der Waals surface area contributed by atoms with Gasteiger partial charge in [-0.15, -0.1) is 0 Å². The monoisotopic (exact) mass is 347 g/mol. The Kier molecular flexibility index (Phi) is 9.70. The number of hydrogen-bond donors (Lipinski definition) is 1. The van der Waals surface area contributed by atoms with Gasteiger partial charge in [0, 0.05) is 6.42 Å².